The van der Waals surface area contributed by atoms with Crippen molar-refractivity contribution >= 4 is 28.4 Å². The van der Waals surface area contributed by atoms with Crippen molar-refractivity contribution in [2.75, 3.05) is 9.80 Å². The van der Waals surface area contributed by atoms with E-state index in [2.05, 4.69) is 171 Å². The molecule has 0 unspecified atom stereocenters. The third kappa shape index (κ3) is 9.33. The number of benzene rings is 5. The van der Waals surface area contributed by atoms with Gasteiger partial charge in [-0.3, -0.25) is 0 Å². The standard InChI is InChI=1S/C55H66N2/c1-5-7-9-11-13-21-39-55(40-22-14-12-10-8-6-2)53-41-49(56(45-23-17-15-18-24-45)47-31-27-43(3)28-32-47)35-37-51(53)52-38-36-50(42-54(52)55)57(46-25-19-16-20-26-46)48-33-29-44(4)30-34-48/h15,17-19,23-38,41-42H,5-14,16,20-22,39-40H2,1-4H3. The molecule has 0 saturated carbocycles. The molecule has 57 heavy (non-hydrogen) atoms. The van der Waals surface area contributed by atoms with Crippen LogP contribution in [0.1, 0.15) is 139 Å². The molecule has 0 saturated heterocycles. The lowest BCUT2D eigenvalue weighted by Crippen LogP contribution is -2.26. The van der Waals surface area contributed by atoms with E-state index < -0.39 is 0 Å². The minimum Gasteiger partial charge on any atom is -0.311 e. The van der Waals surface area contributed by atoms with E-state index in [4.69, 9.17) is 0 Å². The highest BCUT2D eigenvalue weighted by molar-refractivity contribution is 5.88. The third-order valence-corrected chi connectivity index (χ3v) is 12.6. The molecule has 5 aromatic rings. The van der Waals surface area contributed by atoms with Gasteiger partial charge in [-0.1, -0.05) is 169 Å². The SMILES string of the molecule is CCCCCCCCC1(CCCCCCCC)c2cc(N(C3=CCCC=C3)c3ccc(C)cc3)ccc2-c2ccc(N(c3ccccc3)c3ccc(C)cc3)cc21. The van der Waals surface area contributed by atoms with Gasteiger partial charge in [0.05, 0.1) is 0 Å². The van der Waals surface area contributed by atoms with Crippen molar-refractivity contribution < 1.29 is 0 Å². The average Bonchev–Trinajstić information content (AvgIpc) is 3.51. The molecule has 7 rings (SSSR count). The van der Waals surface area contributed by atoms with E-state index in [9.17, 15) is 0 Å². The summed E-state index contributed by atoms with van der Waals surface area (Å²) in [6, 6.07) is 44.0. The molecule has 2 aliphatic rings. The zero-order valence-electron chi connectivity index (χ0n) is 35.4. The zero-order chi connectivity index (χ0) is 39.5. The highest BCUT2D eigenvalue weighted by Crippen LogP contribution is 2.57. The van der Waals surface area contributed by atoms with Crippen molar-refractivity contribution in [1.29, 1.82) is 0 Å². The monoisotopic (exact) mass is 755 g/mol. The minimum atomic E-state index is -0.0580. The van der Waals surface area contributed by atoms with Crippen LogP contribution >= 0.6 is 0 Å². The third-order valence-electron chi connectivity index (χ3n) is 12.6. The molecule has 2 nitrogen and oxygen atoms in total. The van der Waals surface area contributed by atoms with E-state index in [1.165, 1.54) is 157 Å². The van der Waals surface area contributed by atoms with Gasteiger partial charge in [0, 0.05) is 39.5 Å². The van der Waals surface area contributed by atoms with Crippen LogP contribution in [0, 0.1) is 13.8 Å². The first-order chi connectivity index (χ1) is 28.0. The van der Waals surface area contributed by atoms with Gasteiger partial charge in [0.1, 0.15) is 0 Å². The van der Waals surface area contributed by atoms with Gasteiger partial charge in [-0.05, 0) is 129 Å². The Labute approximate surface area is 345 Å². The molecule has 0 N–H and O–H groups in total. The molecule has 0 aliphatic heterocycles. The van der Waals surface area contributed by atoms with Gasteiger partial charge in [-0.2, -0.15) is 0 Å². The Kier molecular flexibility index (Phi) is 13.9. The molecule has 0 radical (unpaired) electrons. The van der Waals surface area contributed by atoms with E-state index >= 15 is 0 Å². The molecule has 0 amide bonds. The summed E-state index contributed by atoms with van der Waals surface area (Å²) in [7, 11) is 0. The summed E-state index contributed by atoms with van der Waals surface area (Å²) in [6.07, 6.45) is 27.4. The summed E-state index contributed by atoms with van der Waals surface area (Å²) in [4.78, 5) is 4.98. The first-order valence-corrected chi connectivity index (χ1v) is 22.5. The van der Waals surface area contributed by atoms with E-state index in [0.717, 1.165) is 12.8 Å². The maximum absolute atomic E-state index is 2.61. The number of hydrogen-bond acceptors (Lipinski definition) is 2. The lowest BCUT2D eigenvalue weighted by Gasteiger charge is -2.35. The second kappa shape index (κ2) is 19.6. The Balaban J connectivity index is 1.38. The maximum Gasteiger partial charge on any atom is 0.0465 e. The molecule has 0 heterocycles. The summed E-state index contributed by atoms with van der Waals surface area (Å²) in [5, 5.41) is 0. The number of para-hydroxylation sites is 1. The quantitative estimate of drug-likeness (QED) is 0.0730. The lowest BCUT2D eigenvalue weighted by molar-refractivity contribution is 0.398. The molecule has 5 aromatic carbocycles. The van der Waals surface area contributed by atoms with Crippen molar-refractivity contribution in [3.8, 4) is 11.1 Å². The van der Waals surface area contributed by atoms with E-state index in [1.54, 1.807) is 0 Å². The van der Waals surface area contributed by atoms with Crippen LogP contribution in [0.3, 0.4) is 0 Å². The fourth-order valence-electron chi connectivity index (χ4n) is 9.45. The maximum atomic E-state index is 2.61. The van der Waals surface area contributed by atoms with Crippen LogP contribution in [0.5, 0.6) is 0 Å². The fraction of sp³-hybridized carbons (Fsp3) is 0.382. The average molecular weight is 755 g/mol. The molecular formula is C55H66N2. The van der Waals surface area contributed by atoms with E-state index in [0.29, 0.717) is 0 Å². The number of anilines is 5. The van der Waals surface area contributed by atoms with Gasteiger partial charge in [0.25, 0.3) is 0 Å². The van der Waals surface area contributed by atoms with Gasteiger partial charge < -0.3 is 9.80 Å². The molecule has 0 atom stereocenters. The Morgan fingerprint density at radius 2 is 0.912 bits per heavy atom. The Bertz CT molecular complexity index is 2070. The fourth-order valence-corrected chi connectivity index (χ4v) is 9.45. The highest BCUT2D eigenvalue weighted by Gasteiger charge is 2.43. The first kappa shape index (κ1) is 40.4. The Morgan fingerprint density at radius 3 is 1.42 bits per heavy atom. The van der Waals surface area contributed by atoms with Crippen LogP contribution in [-0.2, 0) is 5.41 Å². The number of unbranched alkanes of at least 4 members (excludes halogenated alkanes) is 10. The van der Waals surface area contributed by atoms with Crippen LogP contribution in [0.25, 0.3) is 11.1 Å². The smallest absolute Gasteiger partial charge is 0.0465 e. The van der Waals surface area contributed by atoms with Crippen molar-refractivity contribution in [3.05, 3.63) is 161 Å². The molecule has 0 bridgehead atoms. The van der Waals surface area contributed by atoms with Gasteiger partial charge in [-0.25, -0.2) is 0 Å². The van der Waals surface area contributed by atoms with Gasteiger partial charge >= 0.3 is 0 Å². The van der Waals surface area contributed by atoms with Crippen LogP contribution in [0.15, 0.2) is 139 Å². The molecule has 2 aliphatic carbocycles. The minimum absolute atomic E-state index is 0.0580. The lowest BCUT2D eigenvalue weighted by atomic mass is 9.70. The number of aryl methyl sites for hydroxylation is 2. The van der Waals surface area contributed by atoms with Gasteiger partial charge in [0.15, 0.2) is 0 Å². The predicted octanol–water partition coefficient (Wildman–Crippen LogP) is 16.9. The number of fused-ring (bicyclic) bond motifs is 3. The van der Waals surface area contributed by atoms with Crippen LogP contribution < -0.4 is 9.80 Å². The molecular weight excluding hydrogens is 689 g/mol. The number of rotatable bonds is 20. The first-order valence-electron chi connectivity index (χ1n) is 22.5. The van der Waals surface area contributed by atoms with Crippen molar-refractivity contribution in [1.82, 2.24) is 0 Å². The second-order valence-electron chi connectivity index (χ2n) is 16.9. The van der Waals surface area contributed by atoms with Gasteiger partial charge in [-0.15, -0.1) is 0 Å². The molecule has 0 fully saturated rings. The van der Waals surface area contributed by atoms with Crippen LogP contribution in [-0.4, -0.2) is 0 Å². The summed E-state index contributed by atoms with van der Waals surface area (Å²) in [6.45, 7) is 9.01. The summed E-state index contributed by atoms with van der Waals surface area (Å²) in [5.41, 5.74) is 15.8. The predicted molar refractivity (Wildman–Crippen MR) is 248 cm³/mol. The van der Waals surface area contributed by atoms with Crippen molar-refractivity contribution in [2.24, 2.45) is 0 Å². The summed E-state index contributed by atoms with van der Waals surface area (Å²) < 4.78 is 0. The highest BCUT2D eigenvalue weighted by atomic mass is 15.2. The second-order valence-corrected chi connectivity index (χ2v) is 16.9. The largest absolute Gasteiger partial charge is 0.311 e. The van der Waals surface area contributed by atoms with E-state index in [-0.39, 0.29) is 5.41 Å². The number of nitrogens with zero attached hydrogens (tertiary/aromatic N) is 2. The summed E-state index contributed by atoms with van der Waals surface area (Å²) in [5.74, 6) is 0. The van der Waals surface area contributed by atoms with Crippen LogP contribution in [0.4, 0.5) is 28.4 Å². The van der Waals surface area contributed by atoms with Gasteiger partial charge in [0.2, 0.25) is 0 Å². The summed E-state index contributed by atoms with van der Waals surface area (Å²) >= 11 is 0. The van der Waals surface area contributed by atoms with Crippen LogP contribution in [0.2, 0.25) is 0 Å². The topological polar surface area (TPSA) is 6.48 Å². The number of allylic oxidation sites excluding steroid dienone is 3. The number of hydrogen-bond donors (Lipinski definition) is 0. The normalized spacial score (nSPS) is 13.9. The molecule has 296 valence electrons. The Hall–Kier alpha value is -4.82. The van der Waals surface area contributed by atoms with Crippen molar-refractivity contribution in [3.63, 3.8) is 0 Å². The molecule has 0 aromatic heterocycles. The van der Waals surface area contributed by atoms with Crippen molar-refractivity contribution in [2.45, 2.75) is 136 Å². The van der Waals surface area contributed by atoms with E-state index in [1.807, 2.05) is 0 Å². The Morgan fingerprint density at radius 1 is 0.456 bits per heavy atom. The molecule has 2 heteroatoms. The molecule has 0 spiro atoms. The zero-order valence-corrected chi connectivity index (χ0v) is 35.4.